The van der Waals surface area contributed by atoms with Crippen LogP contribution < -0.4 is 11.1 Å². The summed E-state index contributed by atoms with van der Waals surface area (Å²) in [6.45, 7) is 0.362. The quantitative estimate of drug-likeness (QED) is 0.260. The van der Waals surface area contributed by atoms with Gasteiger partial charge in [0.15, 0.2) is 0 Å². The molecule has 1 aromatic carbocycles. The minimum absolute atomic E-state index is 0.0780. The zero-order chi connectivity index (χ0) is 24.7. The van der Waals surface area contributed by atoms with Gasteiger partial charge in [0.2, 0.25) is 5.91 Å². The summed E-state index contributed by atoms with van der Waals surface area (Å²) in [4.78, 5) is 42.5. The molecule has 3 rings (SSSR count). The summed E-state index contributed by atoms with van der Waals surface area (Å²) in [6, 6.07) is 8.41. The fraction of sp³-hybridized carbons (Fsp3) is 0.348. The zero-order valence-corrected chi connectivity index (χ0v) is 18.4. The van der Waals surface area contributed by atoms with Gasteiger partial charge in [-0.1, -0.05) is 12.1 Å². The number of rotatable bonds is 9. The molecule has 34 heavy (non-hydrogen) atoms. The average Bonchev–Trinajstić information content (AvgIpc) is 2.83. The van der Waals surface area contributed by atoms with E-state index in [-0.39, 0.29) is 42.3 Å². The van der Waals surface area contributed by atoms with Gasteiger partial charge in [0.25, 0.3) is 5.91 Å². The van der Waals surface area contributed by atoms with Gasteiger partial charge in [-0.05, 0) is 42.7 Å². The normalized spacial score (nSPS) is 14.9. The lowest BCUT2D eigenvalue weighted by atomic mass is 10.0. The minimum atomic E-state index is -1.04. The maximum Gasteiger partial charge on any atom is 0.329 e. The Morgan fingerprint density at radius 2 is 1.85 bits per heavy atom. The number of carboxylic acid groups (broad SMARTS) is 1. The summed E-state index contributed by atoms with van der Waals surface area (Å²) >= 11 is 0. The number of nitrogens with one attached hydrogen (secondary N) is 2. The molecule has 0 bridgehead atoms. The number of aromatic nitrogens is 1. The number of ether oxygens (including phenoxy) is 1. The van der Waals surface area contributed by atoms with Gasteiger partial charge in [-0.25, -0.2) is 4.79 Å². The maximum absolute atomic E-state index is 13.3. The molecule has 1 atom stereocenters. The molecule has 1 aromatic heterocycles. The van der Waals surface area contributed by atoms with Crippen molar-refractivity contribution >= 4 is 23.6 Å². The molecule has 0 radical (unpaired) electrons. The number of carboxylic acids is 1. The first kappa shape index (κ1) is 24.6. The predicted molar refractivity (Wildman–Crippen MR) is 122 cm³/mol. The van der Waals surface area contributed by atoms with Crippen LogP contribution in [-0.4, -0.2) is 75.6 Å². The number of amidine groups is 1. The summed E-state index contributed by atoms with van der Waals surface area (Å²) in [5.74, 6) is -1.95. The van der Waals surface area contributed by atoms with Crippen molar-refractivity contribution in [3.8, 4) is 5.75 Å². The highest BCUT2D eigenvalue weighted by Gasteiger charge is 2.30. The number of hydrogen-bond acceptors (Lipinski definition) is 7. The summed E-state index contributed by atoms with van der Waals surface area (Å²) in [5.41, 5.74) is 6.62. The number of likely N-dealkylation sites (tertiary alicyclic amines) is 1. The number of hydrogen-bond donors (Lipinski definition) is 5. The van der Waals surface area contributed by atoms with E-state index < -0.39 is 17.9 Å². The number of nitrogen functional groups attached to an aromatic ring is 1. The first-order valence-electron chi connectivity index (χ1n) is 10.7. The van der Waals surface area contributed by atoms with Crippen LogP contribution in [0.5, 0.6) is 5.75 Å². The monoisotopic (exact) mass is 469 g/mol. The molecular formula is C23H27N5O6. The number of phenolic OH excluding ortho intramolecular Hbond substituents is 1. The zero-order valence-electron chi connectivity index (χ0n) is 18.4. The van der Waals surface area contributed by atoms with E-state index >= 15 is 0 Å². The summed E-state index contributed by atoms with van der Waals surface area (Å²) in [6.07, 6.45) is 2.26. The second-order valence-corrected chi connectivity index (χ2v) is 7.97. The predicted octanol–water partition coefficient (Wildman–Crippen LogP) is 0.505. The number of carbonyl (C=O) groups excluding carboxylic acids is 2. The molecule has 0 aliphatic carbocycles. The fourth-order valence-corrected chi connectivity index (χ4v) is 3.64. The van der Waals surface area contributed by atoms with Crippen LogP contribution in [-0.2, 0) is 20.7 Å². The van der Waals surface area contributed by atoms with Gasteiger partial charge < -0.3 is 30.9 Å². The SMILES string of the molecule is N=C(N)c1ccc(C(=O)N[C@@H](Cc2ccc(O)cc2)C(=O)N2CCC(OCC(=O)O)CC2)nc1. The highest BCUT2D eigenvalue weighted by Crippen LogP contribution is 2.17. The van der Waals surface area contributed by atoms with Crippen LogP contribution in [0.3, 0.4) is 0 Å². The van der Waals surface area contributed by atoms with E-state index in [1.807, 2.05) is 0 Å². The summed E-state index contributed by atoms with van der Waals surface area (Å²) < 4.78 is 5.33. The first-order valence-corrected chi connectivity index (χ1v) is 10.7. The molecule has 0 spiro atoms. The molecule has 1 fully saturated rings. The van der Waals surface area contributed by atoms with E-state index in [1.54, 1.807) is 17.0 Å². The van der Waals surface area contributed by atoms with Gasteiger partial charge in [0.05, 0.1) is 6.10 Å². The Hall–Kier alpha value is -3.99. The molecule has 2 aromatic rings. The van der Waals surface area contributed by atoms with Crippen LogP contribution in [0.1, 0.15) is 34.5 Å². The number of benzene rings is 1. The van der Waals surface area contributed by atoms with Crippen molar-refractivity contribution in [2.24, 2.45) is 5.73 Å². The van der Waals surface area contributed by atoms with Gasteiger partial charge in [-0.2, -0.15) is 0 Å². The number of nitrogens with two attached hydrogens (primary N) is 1. The summed E-state index contributed by atoms with van der Waals surface area (Å²) in [7, 11) is 0. The minimum Gasteiger partial charge on any atom is -0.508 e. The van der Waals surface area contributed by atoms with Gasteiger partial charge in [0, 0.05) is 31.3 Å². The standard InChI is InChI=1S/C23H27N5O6/c24-21(25)15-3-6-18(26-12-15)22(32)27-19(11-14-1-4-16(29)5-2-14)23(33)28-9-7-17(8-10-28)34-13-20(30)31/h1-6,12,17,19,29H,7-11,13H2,(H3,24,25)(H,27,32)(H,30,31)/t19-/m0/s1. The van der Waals surface area contributed by atoms with Crippen LogP contribution in [0.4, 0.5) is 0 Å². The second-order valence-electron chi connectivity index (χ2n) is 7.97. The Morgan fingerprint density at radius 1 is 1.18 bits per heavy atom. The Morgan fingerprint density at radius 3 is 2.41 bits per heavy atom. The number of aromatic hydroxyl groups is 1. The molecule has 1 aliphatic heterocycles. The van der Waals surface area contributed by atoms with Crippen LogP contribution in [0.15, 0.2) is 42.6 Å². The molecule has 0 saturated carbocycles. The molecule has 180 valence electrons. The van der Waals surface area contributed by atoms with E-state index in [0.29, 0.717) is 31.5 Å². The Kier molecular flexibility index (Phi) is 8.14. The third kappa shape index (κ3) is 6.75. The Balaban J connectivity index is 1.70. The fourth-order valence-electron chi connectivity index (χ4n) is 3.64. The van der Waals surface area contributed by atoms with Crippen molar-refractivity contribution in [3.63, 3.8) is 0 Å². The molecule has 0 unspecified atom stereocenters. The van der Waals surface area contributed by atoms with Crippen LogP contribution in [0, 0.1) is 5.41 Å². The smallest absolute Gasteiger partial charge is 0.329 e. The number of amides is 2. The highest BCUT2D eigenvalue weighted by atomic mass is 16.5. The highest BCUT2D eigenvalue weighted by molar-refractivity contribution is 5.98. The number of phenols is 1. The van der Waals surface area contributed by atoms with Crippen molar-refractivity contribution in [1.82, 2.24) is 15.2 Å². The van der Waals surface area contributed by atoms with E-state index in [2.05, 4.69) is 10.3 Å². The van der Waals surface area contributed by atoms with Gasteiger partial charge in [0.1, 0.15) is 29.9 Å². The Bertz CT molecular complexity index is 1030. The van der Waals surface area contributed by atoms with Gasteiger partial charge in [-0.15, -0.1) is 0 Å². The number of pyridine rings is 1. The average molecular weight is 469 g/mol. The molecule has 11 nitrogen and oxygen atoms in total. The number of aliphatic carboxylic acids is 1. The van der Waals surface area contributed by atoms with Gasteiger partial charge in [-0.3, -0.25) is 20.0 Å². The van der Waals surface area contributed by atoms with E-state index in [4.69, 9.17) is 21.0 Å². The number of carbonyl (C=O) groups is 3. The largest absolute Gasteiger partial charge is 0.508 e. The van der Waals surface area contributed by atoms with Crippen LogP contribution in [0.25, 0.3) is 0 Å². The lowest BCUT2D eigenvalue weighted by molar-refractivity contribution is -0.147. The van der Waals surface area contributed by atoms with E-state index in [1.165, 1.54) is 30.5 Å². The van der Waals surface area contributed by atoms with E-state index in [0.717, 1.165) is 5.56 Å². The Labute approximate surface area is 196 Å². The molecule has 6 N–H and O–H groups in total. The van der Waals surface area contributed by atoms with Gasteiger partial charge >= 0.3 is 5.97 Å². The lowest BCUT2D eigenvalue weighted by Gasteiger charge is -2.34. The molecule has 2 amide bonds. The second kappa shape index (κ2) is 11.2. The maximum atomic E-state index is 13.3. The lowest BCUT2D eigenvalue weighted by Crippen LogP contribution is -2.52. The van der Waals surface area contributed by atoms with Crippen molar-refractivity contribution in [3.05, 3.63) is 59.4 Å². The molecular weight excluding hydrogens is 442 g/mol. The third-order valence-electron chi connectivity index (χ3n) is 5.48. The number of piperidine rings is 1. The van der Waals surface area contributed by atoms with Crippen LogP contribution in [0.2, 0.25) is 0 Å². The topological polar surface area (TPSA) is 179 Å². The van der Waals surface area contributed by atoms with Crippen molar-refractivity contribution in [2.75, 3.05) is 19.7 Å². The van der Waals surface area contributed by atoms with Crippen molar-refractivity contribution in [1.29, 1.82) is 5.41 Å². The third-order valence-corrected chi connectivity index (χ3v) is 5.48. The van der Waals surface area contributed by atoms with Crippen LogP contribution >= 0.6 is 0 Å². The molecule has 11 heteroatoms. The van der Waals surface area contributed by atoms with Crippen molar-refractivity contribution < 1.29 is 29.3 Å². The van der Waals surface area contributed by atoms with E-state index in [9.17, 15) is 19.5 Å². The molecule has 1 aliphatic rings. The molecule has 1 saturated heterocycles. The molecule has 2 heterocycles. The van der Waals surface area contributed by atoms with Crippen molar-refractivity contribution in [2.45, 2.75) is 31.4 Å². The summed E-state index contributed by atoms with van der Waals surface area (Å²) in [5, 5.41) is 28.5. The first-order chi connectivity index (χ1) is 16.2. The number of nitrogens with zero attached hydrogens (tertiary/aromatic N) is 2.